The molecule has 0 saturated carbocycles. The fraction of sp³-hybridized carbons (Fsp3) is 0.133. The number of thiophene rings is 1. The highest BCUT2D eigenvalue weighted by atomic mass is 35.5. The zero-order valence-electron chi connectivity index (χ0n) is 10.8. The first-order valence-electron chi connectivity index (χ1n) is 6.02. The van der Waals surface area contributed by atoms with Crippen LogP contribution in [0.3, 0.4) is 0 Å². The van der Waals surface area contributed by atoms with Crippen LogP contribution in [0.5, 0.6) is 0 Å². The average Bonchev–Trinajstić information content (AvgIpc) is 2.90. The molecule has 0 atom stereocenters. The molecule has 21 heavy (non-hydrogen) atoms. The third-order valence-electron chi connectivity index (χ3n) is 2.55. The van der Waals surface area contributed by atoms with Crippen LogP contribution in [-0.4, -0.2) is 17.6 Å². The van der Waals surface area contributed by atoms with Crippen LogP contribution in [0.25, 0.3) is 0 Å². The van der Waals surface area contributed by atoms with E-state index in [9.17, 15) is 4.79 Å². The van der Waals surface area contributed by atoms with Gasteiger partial charge in [0.1, 0.15) is 6.61 Å². The zero-order valence-corrected chi connectivity index (χ0v) is 13.1. The number of benzene rings is 1. The van der Waals surface area contributed by atoms with Crippen molar-refractivity contribution in [1.82, 2.24) is 5.32 Å². The Morgan fingerprint density at radius 3 is 2.81 bits per heavy atom. The Kier molecular flexibility index (Phi) is 5.66. The van der Waals surface area contributed by atoms with Gasteiger partial charge in [-0.15, -0.1) is 11.3 Å². The van der Waals surface area contributed by atoms with E-state index in [-0.39, 0.29) is 12.5 Å². The number of nitrogens with one attached hydrogen (secondary N) is 1. The van der Waals surface area contributed by atoms with E-state index in [0.717, 1.165) is 9.75 Å². The Labute approximate surface area is 136 Å². The van der Waals surface area contributed by atoms with Crippen LogP contribution in [0.1, 0.15) is 20.1 Å². The highest BCUT2D eigenvalue weighted by Gasteiger charge is 2.10. The largest absolute Gasteiger partial charge is 0.384 e. The Balaban J connectivity index is 1.99. The molecule has 6 heteroatoms. The molecule has 0 aliphatic heterocycles. The van der Waals surface area contributed by atoms with Gasteiger partial charge in [0.25, 0.3) is 5.91 Å². The summed E-state index contributed by atoms with van der Waals surface area (Å²) in [5.41, 5.74) is 0.387. The number of aliphatic hydroxyl groups is 1. The number of rotatable bonds is 3. The second-order valence-electron chi connectivity index (χ2n) is 4.03. The van der Waals surface area contributed by atoms with Crippen LogP contribution >= 0.6 is 34.5 Å². The summed E-state index contributed by atoms with van der Waals surface area (Å²) in [5, 5.41) is 12.2. The summed E-state index contributed by atoms with van der Waals surface area (Å²) < 4.78 is 0. The molecule has 2 rings (SSSR count). The maximum Gasteiger partial charge on any atom is 0.253 e. The van der Waals surface area contributed by atoms with Crippen LogP contribution in [0.4, 0.5) is 0 Å². The summed E-state index contributed by atoms with van der Waals surface area (Å²) >= 11 is 13.2. The fourth-order valence-electron chi connectivity index (χ4n) is 1.60. The Morgan fingerprint density at radius 2 is 2.10 bits per heavy atom. The van der Waals surface area contributed by atoms with Crippen LogP contribution < -0.4 is 5.32 Å². The van der Waals surface area contributed by atoms with Gasteiger partial charge < -0.3 is 10.4 Å². The van der Waals surface area contributed by atoms with E-state index in [1.165, 1.54) is 17.4 Å². The molecule has 108 valence electrons. The van der Waals surface area contributed by atoms with Gasteiger partial charge in [0.2, 0.25) is 0 Å². The molecule has 0 bridgehead atoms. The molecule has 0 fully saturated rings. The van der Waals surface area contributed by atoms with Gasteiger partial charge in [-0.3, -0.25) is 4.79 Å². The predicted molar refractivity (Wildman–Crippen MR) is 85.9 cm³/mol. The fourth-order valence-corrected chi connectivity index (χ4v) is 2.92. The molecular formula is C15H11Cl2NO2S. The quantitative estimate of drug-likeness (QED) is 0.842. The first kappa shape index (κ1) is 15.9. The van der Waals surface area contributed by atoms with Crippen molar-refractivity contribution in [2.75, 3.05) is 6.61 Å². The standard InChI is InChI=1S/C15H11Cl2NO2S/c16-10-3-6-13(14(17)8-10)15(20)18-9-12-5-4-11(21-12)2-1-7-19/h3-6,8,19H,7,9H2,(H,18,20). The minimum Gasteiger partial charge on any atom is -0.384 e. The van der Waals surface area contributed by atoms with Crippen LogP contribution in [0.2, 0.25) is 10.0 Å². The van der Waals surface area contributed by atoms with Crippen molar-refractivity contribution < 1.29 is 9.90 Å². The Morgan fingerprint density at radius 1 is 1.29 bits per heavy atom. The summed E-state index contributed by atoms with van der Waals surface area (Å²) in [5.74, 6) is 5.14. The van der Waals surface area contributed by atoms with E-state index in [2.05, 4.69) is 17.2 Å². The molecule has 1 aromatic heterocycles. The first-order chi connectivity index (χ1) is 10.1. The van der Waals surface area contributed by atoms with E-state index >= 15 is 0 Å². The van der Waals surface area contributed by atoms with Crippen molar-refractivity contribution >= 4 is 40.4 Å². The summed E-state index contributed by atoms with van der Waals surface area (Å²) in [4.78, 5) is 13.8. The van der Waals surface area contributed by atoms with E-state index < -0.39 is 0 Å². The summed E-state index contributed by atoms with van der Waals surface area (Å²) in [6, 6.07) is 8.48. The van der Waals surface area contributed by atoms with Gasteiger partial charge in [-0.05, 0) is 30.3 Å². The molecule has 1 amide bonds. The Bertz CT molecular complexity index is 716. The number of carbonyl (C=O) groups excluding carboxylic acids is 1. The van der Waals surface area contributed by atoms with E-state index in [4.69, 9.17) is 28.3 Å². The predicted octanol–water partition coefficient (Wildman–Crippen LogP) is 3.33. The van der Waals surface area contributed by atoms with Crippen molar-refractivity contribution in [3.63, 3.8) is 0 Å². The second-order valence-corrected chi connectivity index (χ2v) is 6.04. The van der Waals surface area contributed by atoms with Crippen LogP contribution in [0, 0.1) is 11.8 Å². The summed E-state index contributed by atoms with van der Waals surface area (Å²) in [6.45, 7) is 0.224. The maximum atomic E-state index is 12.0. The molecular weight excluding hydrogens is 329 g/mol. The number of aliphatic hydroxyl groups excluding tert-OH is 1. The molecule has 0 spiro atoms. The van der Waals surface area contributed by atoms with Gasteiger partial charge in [0.05, 0.1) is 22.0 Å². The lowest BCUT2D eigenvalue weighted by atomic mass is 10.2. The van der Waals surface area contributed by atoms with Crippen LogP contribution in [0.15, 0.2) is 30.3 Å². The second kappa shape index (κ2) is 7.48. The Hall–Kier alpha value is -1.51. The minimum absolute atomic E-state index is 0.168. The molecule has 3 nitrogen and oxygen atoms in total. The lowest BCUT2D eigenvalue weighted by molar-refractivity contribution is 0.0951. The zero-order chi connectivity index (χ0) is 15.2. The van der Waals surface area contributed by atoms with E-state index in [0.29, 0.717) is 22.2 Å². The van der Waals surface area contributed by atoms with Gasteiger partial charge in [-0.1, -0.05) is 35.0 Å². The molecule has 0 unspecified atom stereocenters. The maximum absolute atomic E-state index is 12.0. The van der Waals surface area contributed by atoms with Crippen molar-refractivity contribution in [3.05, 3.63) is 55.7 Å². The normalized spacial score (nSPS) is 9.86. The molecule has 0 radical (unpaired) electrons. The molecule has 1 heterocycles. The number of carbonyl (C=O) groups is 1. The van der Waals surface area contributed by atoms with Crippen molar-refractivity contribution in [3.8, 4) is 11.8 Å². The van der Waals surface area contributed by atoms with Gasteiger partial charge in [0.15, 0.2) is 0 Å². The summed E-state index contributed by atoms with van der Waals surface area (Å²) in [7, 11) is 0. The smallest absolute Gasteiger partial charge is 0.253 e. The van der Waals surface area contributed by atoms with Crippen molar-refractivity contribution in [2.24, 2.45) is 0 Å². The number of halogens is 2. The summed E-state index contributed by atoms with van der Waals surface area (Å²) in [6.07, 6.45) is 0. The molecule has 2 aromatic rings. The first-order valence-corrected chi connectivity index (χ1v) is 7.59. The average molecular weight is 340 g/mol. The lowest BCUT2D eigenvalue weighted by Crippen LogP contribution is -2.22. The third-order valence-corrected chi connectivity index (χ3v) is 4.10. The highest BCUT2D eigenvalue weighted by molar-refractivity contribution is 7.12. The van der Waals surface area contributed by atoms with Gasteiger partial charge in [-0.25, -0.2) is 0 Å². The topological polar surface area (TPSA) is 49.3 Å². The minimum atomic E-state index is -0.256. The molecule has 2 N–H and O–H groups in total. The number of hydrogen-bond acceptors (Lipinski definition) is 3. The van der Waals surface area contributed by atoms with Gasteiger partial charge in [0, 0.05) is 9.90 Å². The number of hydrogen-bond donors (Lipinski definition) is 2. The van der Waals surface area contributed by atoms with Gasteiger partial charge >= 0.3 is 0 Å². The lowest BCUT2D eigenvalue weighted by Gasteiger charge is -2.05. The van der Waals surface area contributed by atoms with Crippen molar-refractivity contribution in [2.45, 2.75) is 6.54 Å². The van der Waals surface area contributed by atoms with Crippen LogP contribution in [-0.2, 0) is 6.54 Å². The molecule has 1 aromatic carbocycles. The third kappa shape index (κ3) is 4.48. The SMILES string of the molecule is O=C(NCc1ccc(C#CCO)s1)c1ccc(Cl)cc1Cl. The molecule has 0 saturated heterocycles. The molecule has 0 aliphatic rings. The van der Waals surface area contributed by atoms with E-state index in [1.54, 1.807) is 12.1 Å². The van der Waals surface area contributed by atoms with Gasteiger partial charge in [-0.2, -0.15) is 0 Å². The monoisotopic (exact) mass is 339 g/mol. The molecule has 0 aliphatic carbocycles. The van der Waals surface area contributed by atoms with Crippen molar-refractivity contribution in [1.29, 1.82) is 0 Å². The number of amides is 1. The highest BCUT2D eigenvalue weighted by Crippen LogP contribution is 2.21. The van der Waals surface area contributed by atoms with E-state index in [1.807, 2.05) is 12.1 Å².